The minimum Gasteiger partial charge on any atom is -0.497 e. The summed E-state index contributed by atoms with van der Waals surface area (Å²) in [6, 6.07) is 14.5. The van der Waals surface area contributed by atoms with E-state index in [0.717, 1.165) is 5.56 Å². The van der Waals surface area contributed by atoms with Crippen LogP contribution in [0.25, 0.3) is 0 Å². The van der Waals surface area contributed by atoms with Crippen LogP contribution in [0.2, 0.25) is 0 Å². The van der Waals surface area contributed by atoms with Crippen molar-refractivity contribution in [2.75, 3.05) is 53.5 Å². The first-order chi connectivity index (χ1) is 17.8. The molecule has 2 aromatic carbocycles. The summed E-state index contributed by atoms with van der Waals surface area (Å²) in [4.78, 5) is 29.8. The summed E-state index contributed by atoms with van der Waals surface area (Å²) in [5, 5.41) is 2.90. The number of sulfonamides is 1. The molecule has 0 aliphatic carbocycles. The van der Waals surface area contributed by atoms with Gasteiger partial charge in [-0.15, -0.1) is 0 Å². The number of carbonyl (C=O) groups excluding carboxylic acids is 2. The number of ether oxygens (including phenoxy) is 2. The molecule has 198 valence electrons. The van der Waals surface area contributed by atoms with Gasteiger partial charge in [0.05, 0.1) is 30.2 Å². The van der Waals surface area contributed by atoms with Gasteiger partial charge in [-0.2, -0.15) is 4.31 Å². The van der Waals surface area contributed by atoms with E-state index in [1.165, 1.54) is 9.21 Å². The third-order valence-electron chi connectivity index (χ3n) is 6.61. The Morgan fingerprint density at radius 3 is 2.27 bits per heavy atom. The first-order valence-corrected chi connectivity index (χ1v) is 13.6. The maximum Gasteiger partial charge on any atom is 0.338 e. The van der Waals surface area contributed by atoms with Gasteiger partial charge in [0.15, 0.2) is 0 Å². The summed E-state index contributed by atoms with van der Waals surface area (Å²) in [5.74, 6) is 0.156. The van der Waals surface area contributed by atoms with Crippen molar-refractivity contribution in [3.63, 3.8) is 0 Å². The minimum atomic E-state index is -3.58. The van der Waals surface area contributed by atoms with Crippen molar-refractivity contribution in [3.05, 3.63) is 71.4 Å². The maximum atomic E-state index is 13.2. The maximum absolute atomic E-state index is 13.2. The summed E-state index contributed by atoms with van der Waals surface area (Å²) >= 11 is 0. The summed E-state index contributed by atoms with van der Waals surface area (Å²) in [7, 11) is -0.400. The van der Waals surface area contributed by atoms with Gasteiger partial charge in [0.1, 0.15) is 5.75 Å². The molecule has 1 unspecified atom stereocenters. The van der Waals surface area contributed by atoms with Crippen molar-refractivity contribution in [1.29, 1.82) is 0 Å². The Kier molecular flexibility index (Phi) is 8.16. The van der Waals surface area contributed by atoms with Crippen LogP contribution >= 0.6 is 0 Å². The highest BCUT2D eigenvalue weighted by Gasteiger charge is 2.38. The number of piperazine rings is 1. The highest BCUT2D eigenvalue weighted by molar-refractivity contribution is 7.89. The van der Waals surface area contributed by atoms with E-state index in [1.54, 1.807) is 75.7 Å². The number of benzene rings is 2. The highest BCUT2D eigenvalue weighted by atomic mass is 32.2. The lowest BCUT2D eigenvalue weighted by Gasteiger charge is -2.39. The van der Waals surface area contributed by atoms with Gasteiger partial charge >= 0.3 is 12.0 Å². The lowest BCUT2D eigenvalue weighted by atomic mass is 9.94. The van der Waals surface area contributed by atoms with Gasteiger partial charge in [-0.3, -0.25) is 9.80 Å². The predicted octanol–water partition coefficient (Wildman–Crippen LogP) is 2.21. The van der Waals surface area contributed by atoms with Crippen LogP contribution in [0.1, 0.15) is 18.5 Å². The number of rotatable bonds is 8. The van der Waals surface area contributed by atoms with E-state index in [-0.39, 0.29) is 17.5 Å². The highest BCUT2D eigenvalue weighted by Crippen LogP contribution is 2.32. The van der Waals surface area contributed by atoms with Crippen LogP contribution in [0.5, 0.6) is 5.75 Å². The van der Waals surface area contributed by atoms with Crippen molar-refractivity contribution < 1.29 is 27.5 Å². The minimum absolute atomic E-state index is 0.193. The largest absolute Gasteiger partial charge is 0.497 e. The quantitative estimate of drug-likeness (QED) is 0.524. The Hall–Kier alpha value is -3.41. The van der Waals surface area contributed by atoms with Gasteiger partial charge in [0, 0.05) is 45.5 Å². The zero-order valence-electron chi connectivity index (χ0n) is 21.2. The van der Waals surface area contributed by atoms with E-state index in [0.29, 0.717) is 49.7 Å². The van der Waals surface area contributed by atoms with Gasteiger partial charge in [-0.25, -0.2) is 18.0 Å². The molecule has 2 aliphatic heterocycles. The van der Waals surface area contributed by atoms with Crippen LogP contribution in [-0.2, 0) is 19.6 Å². The zero-order valence-corrected chi connectivity index (χ0v) is 22.0. The molecule has 1 atom stereocenters. The Morgan fingerprint density at radius 1 is 1.03 bits per heavy atom. The van der Waals surface area contributed by atoms with E-state index in [9.17, 15) is 18.0 Å². The molecular weight excluding hydrogens is 496 g/mol. The fraction of sp³-hybridized carbons (Fsp3) is 0.385. The molecule has 2 aromatic rings. The Morgan fingerprint density at radius 2 is 1.68 bits per heavy atom. The third-order valence-corrected chi connectivity index (χ3v) is 8.52. The zero-order chi connectivity index (χ0) is 26.6. The third kappa shape index (κ3) is 5.63. The van der Waals surface area contributed by atoms with Gasteiger partial charge in [0.2, 0.25) is 10.0 Å². The summed E-state index contributed by atoms with van der Waals surface area (Å²) < 4.78 is 38.1. The number of nitrogens with zero attached hydrogens (tertiary/aromatic N) is 3. The summed E-state index contributed by atoms with van der Waals surface area (Å²) in [6.07, 6.45) is 0. The lowest BCUT2D eigenvalue weighted by molar-refractivity contribution is -0.139. The molecule has 2 heterocycles. The number of esters is 1. The van der Waals surface area contributed by atoms with Crippen LogP contribution in [0.4, 0.5) is 4.79 Å². The Balaban J connectivity index is 1.59. The smallest absolute Gasteiger partial charge is 0.338 e. The molecule has 1 saturated heterocycles. The van der Waals surface area contributed by atoms with Crippen molar-refractivity contribution >= 4 is 22.0 Å². The van der Waals surface area contributed by atoms with E-state index in [2.05, 4.69) is 5.32 Å². The molecule has 1 N–H and O–H groups in total. The summed E-state index contributed by atoms with van der Waals surface area (Å²) in [5.41, 5.74) is 1.61. The Labute approximate surface area is 217 Å². The van der Waals surface area contributed by atoms with Crippen LogP contribution in [0.3, 0.4) is 0 Å². The SMILES string of the molecule is CCOC(=O)C1=C(CN2CCN(S(=O)(=O)c3ccccc3)CC2)N(C)C(=O)NC1c1ccc(OC)cc1. The van der Waals surface area contributed by atoms with Crippen molar-refractivity contribution in [3.8, 4) is 5.75 Å². The molecule has 11 heteroatoms. The molecule has 0 saturated carbocycles. The molecule has 10 nitrogen and oxygen atoms in total. The second-order valence-corrected chi connectivity index (χ2v) is 10.7. The first kappa shape index (κ1) is 26.6. The van der Waals surface area contributed by atoms with Gasteiger partial charge in [0.25, 0.3) is 0 Å². The molecule has 0 radical (unpaired) electrons. The Bertz CT molecular complexity index is 1260. The van der Waals surface area contributed by atoms with E-state index in [1.807, 2.05) is 4.90 Å². The molecule has 0 spiro atoms. The topological polar surface area (TPSA) is 108 Å². The van der Waals surface area contributed by atoms with Crippen molar-refractivity contribution in [2.45, 2.75) is 17.9 Å². The number of hydrogen-bond donors (Lipinski definition) is 1. The summed E-state index contributed by atoms with van der Waals surface area (Å²) in [6.45, 7) is 3.73. The first-order valence-electron chi connectivity index (χ1n) is 12.1. The number of urea groups is 1. The molecule has 0 bridgehead atoms. The van der Waals surface area contributed by atoms with Gasteiger partial charge in [-0.05, 0) is 36.8 Å². The van der Waals surface area contributed by atoms with Crippen molar-refractivity contribution in [1.82, 2.24) is 19.4 Å². The molecular formula is C26H32N4O6S. The average Bonchev–Trinajstić information content (AvgIpc) is 2.92. The van der Waals surface area contributed by atoms with E-state index < -0.39 is 22.0 Å². The number of amides is 2. The number of hydrogen-bond acceptors (Lipinski definition) is 7. The second-order valence-electron chi connectivity index (χ2n) is 8.79. The van der Waals surface area contributed by atoms with E-state index >= 15 is 0 Å². The van der Waals surface area contributed by atoms with Crippen molar-refractivity contribution in [2.24, 2.45) is 0 Å². The lowest BCUT2D eigenvalue weighted by Crippen LogP contribution is -2.53. The number of nitrogens with one attached hydrogen (secondary N) is 1. The van der Waals surface area contributed by atoms with Gasteiger partial charge < -0.3 is 14.8 Å². The number of carbonyl (C=O) groups is 2. The van der Waals surface area contributed by atoms with Crippen LogP contribution in [-0.4, -0.2) is 88.0 Å². The normalized spacial score (nSPS) is 19.5. The molecule has 2 aliphatic rings. The van der Waals surface area contributed by atoms with Crippen LogP contribution < -0.4 is 10.1 Å². The molecule has 37 heavy (non-hydrogen) atoms. The van der Waals surface area contributed by atoms with Gasteiger partial charge in [-0.1, -0.05) is 30.3 Å². The van der Waals surface area contributed by atoms with Crippen LogP contribution in [0, 0.1) is 0 Å². The standard InChI is InChI=1S/C26H32N4O6S/c1-4-36-25(31)23-22(28(2)26(32)27-24(23)19-10-12-20(35-3)13-11-19)18-29-14-16-30(17-15-29)37(33,34)21-8-6-5-7-9-21/h5-13,24H,4,14-18H2,1-3H3,(H,27,32). The molecule has 2 amide bonds. The fourth-order valence-electron chi connectivity index (χ4n) is 4.53. The van der Waals surface area contributed by atoms with Crippen LogP contribution in [0.15, 0.2) is 70.8 Å². The average molecular weight is 529 g/mol. The second kappa shape index (κ2) is 11.3. The molecule has 0 aromatic heterocycles. The monoisotopic (exact) mass is 528 g/mol. The fourth-order valence-corrected chi connectivity index (χ4v) is 5.97. The van der Waals surface area contributed by atoms with E-state index in [4.69, 9.17) is 9.47 Å². The number of methoxy groups -OCH3 is 1. The predicted molar refractivity (Wildman–Crippen MR) is 137 cm³/mol. The number of likely N-dealkylation sites (N-methyl/N-ethyl adjacent to an activating group) is 1. The molecule has 1 fully saturated rings. The molecule has 4 rings (SSSR count).